The van der Waals surface area contributed by atoms with Gasteiger partial charge in [-0.05, 0) is 55.0 Å². The molecule has 0 aliphatic carbocycles. The van der Waals surface area contributed by atoms with Crippen molar-refractivity contribution in [3.05, 3.63) is 34.3 Å². The minimum atomic E-state index is -4.30. The number of carbonyl (C=O) groups excluding carboxylic acids is 1. The van der Waals surface area contributed by atoms with E-state index in [4.69, 9.17) is 0 Å². The van der Waals surface area contributed by atoms with Crippen LogP contribution in [0.25, 0.3) is 6.08 Å². The Kier molecular flexibility index (Phi) is 5.95. The van der Waals surface area contributed by atoms with Crippen molar-refractivity contribution < 1.29 is 18.0 Å². The predicted octanol–water partition coefficient (Wildman–Crippen LogP) is 1.85. The lowest BCUT2D eigenvalue weighted by molar-refractivity contribution is -0.162. The fourth-order valence-electron chi connectivity index (χ4n) is 4.68. The molecule has 2 N–H and O–H groups in total. The van der Waals surface area contributed by atoms with E-state index < -0.39 is 18.3 Å². The van der Waals surface area contributed by atoms with Crippen molar-refractivity contribution in [3.63, 3.8) is 0 Å². The number of carbonyl (C=O) groups is 1. The van der Waals surface area contributed by atoms with Crippen molar-refractivity contribution in [3.8, 4) is 0 Å². The zero-order chi connectivity index (χ0) is 21.3. The molecule has 0 saturated carbocycles. The van der Waals surface area contributed by atoms with Gasteiger partial charge in [0.15, 0.2) is 0 Å². The second-order valence-corrected chi connectivity index (χ2v) is 8.47. The van der Waals surface area contributed by atoms with E-state index >= 15 is 0 Å². The van der Waals surface area contributed by atoms with E-state index in [1.54, 1.807) is 0 Å². The highest BCUT2D eigenvalue weighted by Gasteiger charge is 2.42. The summed E-state index contributed by atoms with van der Waals surface area (Å²) in [7, 11) is 0. The molecular weight excluding hydrogens is 393 g/mol. The lowest BCUT2D eigenvalue weighted by atomic mass is 9.80. The molecular formula is C22H27F3N4O. The van der Waals surface area contributed by atoms with Crippen molar-refractivity contribution in [2.24, 2.45) is 15.9 Å². The molecule has 3 heterocycles. The van der Waals surface area contributed by atoms with Crippen LogP contribution in [0.4, 0.5) is 13.2 Å². The summed E-state index contributed by atoms with van der Waals surface area (Å²) < 4.78 is 38.9. The van der Waals surface area contributed by atoms with Gasteiger partial charge in [-0.1, -0.05) is 25.1 Å². The Labute approximate surface area is 173 Å². The zero-order valence-electron chi connectivity index (χ0n) is 17.0. The Balaban J connectivity index is 1.44. The number of benzene rings is 1. The first-order valence-electron chi connectivity index (χ1n) is 10.6. The quantitative estimate of drug-likeness (QED) is 0.784. The molecule has 1 aromatic rings. The minimum absolute atomic E-state index is 0.143. The summed E-state index contributed by atoms with van der Waals surface area (Å²) in [5.41, 5.74) is 1.66. The molecule has 4 rings (SSSR count). The summed E-state index contributed by atoms with van der Waals surface area (Å²) in [5.74, 6) is 0.0836. The Morgan fingerprint density at radius 2 is 2.10 bits per heavy atom. The zero-order valence-corrected chi connectivity index (χ0v) is 17.0. The SMILES string of the molecule is CC1CC(C(=O)NC2CCNC(C(F)(F)F)C2)=NCC1c1cccc2c1=CCCN=2. The van der Waals surface area contributed by atoms with Crippen LogP contribution >= 0.6 is 0 Å². The number of halogens is 3. The maximum atomic E-state index is 13.0. The first-order valence-corrected chi connectivity index (χ1v) is 10.6. The minimum Gasteiger partial charge on any atom is -0.348 e. The highest BCUT2D eigenvalue weighted by molar-refractivity contribution is 6.39. The van der Waals surface area contributed by atoms with Crippen molar-refractivity contribution in [1.29, 1.82) is 0 Å². The van der Waals surface area contributed by atoms with Gasteiger partial charge in [0, 0.05) is 25.0 Å². The standard InChI is InChI=1S/C22H27F3N4O/c1-13-10-19(21(30)29-14-7-9-27-20(11-14)22(23,24)25)28-12-17(13)15-4-2-6-18-16(15)5-3-8-26-18/h2,4-6,13-14,17,20,27H,3,7-12H2,1H3,(H,29,30). The molecule has 3 aliphatic rings. The van der Waals surface area contributed by atoms with Gasteiger partial charge in [0.25, 0.3) is 5.91 Å². The number of nitrogens with zero attached hydrogens (tertiary/aromatic N) is 2. The van der Waals surface area contributed by atoms with E-state index in [0.717, 1.165) is 18.3 Å². The fraction of sp³-hybridized carbons (Fsp3) is 0.591. The second-order valence-electron chi connectivity index (χ2n) is 8.47. The maximum absolute atomic E-state index is 13.0. The predicted molar refractivity (Wildman–Crippen MR) is 109 cm³/mol. The monoisotopic (exact) mass is 420 g/mol. The third kappa shape index (κ3) is 4.43. The Morgan fingerprint density at radius 3 is 2.87 bits per heavy atom. The molecule has 1 amide bonds. The number of fused-ring (bicyclic) bond motifs is 1. The van der Waals surface area contributed by atoms with Crippen molar-refractivity contribution >= 4 is 17.7 Å². The number of nitrogens with one attached hydrogen (secondary N) is 2. The van der Waals surface area contributed by atoms with Crippen LogP contribution in [0.1, 0.15) is 44.1 Å². The molecule has 1 aromatic carbocycles. The molecule has 5 nitrogen and oxygen atoms in total. The average molecular weight is 420 g/mol. The van der Waals surface area contributed by atoms with Gasteiger partial charge in [0.05, 0.1) is 11.1 Å². The summed E-state index contributed by atoms with van der Waals surface area (Å²) in [5, 5.41) is 7.46. The van der Waals surface area contributed by atoms with E-state index in [9.17, 15) is 18.0 Å². The van der Waals surface area contributed by atoms with Gasteiger partial charge in [-0.3, -0.25) is 14.8 Å². The van der Waals surface area contributed by atoms with Crippen LogP contribution in [0.3, 0.4) is 0 Å². The van der Waals surface area contributed by atoms with E-state index in [0.29, 0.717) is 25.1 Å². The van der Waals surface area contributed by atoms with Gasteiger partial charge in [-0.2, -0.15) is 13.2 Å². The van der Waals surface area contributed by atoms with Gasteiger partial charge in [0.2, 0.25) is 0 Å². The molecule has 162 valence electrons. The Hall–Kier alpha value is -2.22. The molecule has 4 atom stereocenters. The first-order chi connectivity index (χ1) is 14.3. The summed E-state index contributed by atoms with van der Waals surface area (Å²) >= 11 is 0. The van der Waals surface area contributed by atoms with Gasteiger partial charge in [-0.25, -0.2) is 0 Å². The molecule has 0 bridgehead atoms. The molecule has 8 heteroatoms. The molecule has 4 unspecified atom stereocenters. The first kappa shape index (κ1) is 21.0. The largest absolute Gasteiger partial charge is 0.403 e. The summed E-state index contributed by atoms with van der Waals surface area (Å²) in [6, 6.07) is 4.10. The molecule has 1 fully saturated rings. The molecule has 1 saturated heterocycles. The van der Waals surface area contributed by atoms with E-state index in [1.165, 1.54) is 10.8 Å². The average Bonchev–Trinajstić information content (AvgIpc) is 2.73. The number of aliphatic imine (C=N–C) groups is 1. The third-order valence-corrected chi connectivity index (χ3v) is 6.35. The maximum Gasteiger partial charge on any atom is 0.403 e. The smallest absolute Gasteiger partial charge is 0.348 e. The number of piperidine rings is 1. The number of hydrogen-bond acceptors (Lipinski definition) is 4. The Bertz CT molecular complexity index is 956. The Morgan fingerprint density at radius 1 is 1.27 bits per heavy atom. The molecule has 0 radical (unpaired) electrons. The van der Waals surface area contributed by atoms with Crippen LogP contribution in [0.15, 0.2) is 28.2 Å². The van der Waals surface area contributed by atoms with Crippen molar-refractivity contribution in [1.82, 2.24) is 10.6 Å². The molecule has 3 aliphatic heterocycles. The molecule has 0 spiro atoms. The molecule has 0 aromatic heterocycles. The number of hydrogen-bond donors (Lipinski definition) is 2. The van der Waals surface area contributed by atoms with E-state index in [-0.39, 0.29) is 30.7 Å². The normalized spacial score (nSPS) is 29.1. The van der Waals surface area contributed by atoms with Crippen LogP contribution < -0.4 is 21.2 Å². The van der Waals surface area contributed by atoms with Crippen molar-refractivity contribution in [2.45, 2.75) is 56.8 Å². The lowest BCUT2D eigenvalue weighted by Crippen LogP contribution is -2.54. The summed E-state index contributed by atoms with van der Waals surface area (Å²) in [6.45, 7) is 3.66. The topological polar surface area (TPSA) is 65.8 Å². The summed E-state index contributed by atoms with van der Waals surface area (Å²) in [6.07, 6.45) is -0.284. The number of amides is 1. The van der Waals surface area contributed by atoms with Crippen LogP contribution in [0.5, 0.6) is 0 Å². The highest BCUT2D eigenvalue weighted by Crippen LogP contribution is 2.30. The van der Waals surface area contributed by atoms with Crippen LogP contribution in [-0.2, 0) is 4.79 Å². The molecule has 30 heavy (non-hydrogen) atoms. The number of alkyl halides is 3. The van der Waals surface area contributed by atoms with Crippen LogP contribution in [0, 0.1) is 5.92 Å². The fourth-order valence-corrected chi connectivity index (χ4v) is 4.68. The van der Waals surface area contributed by atoms with E-state index in [2.05, 4.69) is 39.7 Å². The van der Waals surface area contributed by atoms with Crippen LogP contribution in [-0.4, -0.2) is 49.5 Å². The van der Waals surface area contributed by atoms with Gasteiger partial charge >= 0.3 is 6.18 Å². The van der Waals surface area contributed by atoms with Gasteiger partial charge in [-0.15, -0.1) is 0 Å². The lowest BCUT2D eigenvalue weighted by Gasteiger charge is -2.33. The third-order valence-electron chi connectivity index (χ3n) is 6.35. The van der Waals surface area contributed by atoms with E-state index in [1.807, 2.05) is 12.1 Å². The van der Waals surface area contributed by atoms with Crippen molar-refractivity contribution in [2.75, 3.05) is 19.6 Å². The second kappa shape index (κ2) is 8.49. The van der Waals surface area contributed by atoms with Gasteiger partial charge < -0.3 is 10.6 Å². The summed E-state index contributed by atoms with van der Waals surface area (Å²) in [4.78, 5) is 21.8. The van der Waals surface area contributed by atoms with Gasteiger partial charge in [0.1, 0.15) is 6.04 Å². The van der Waals surface area contributed by atoms with Crippen LogP contribution in [0.2, 0.25) is 0 Å². The highest BCUT2D eigenvalue weighted by atomic mass is 19.4. The number of rotatable bonds is 3.